The van der Waals surface area contributed by atoms with Gasteiger partial charge in [0, 0.05) is 5.33 Å². The van der Waals surface area contributed by atoms with Gasteiger partial charge in [-0.3, -0.25) is 0 Å². The second kappa shape index (κ2) is 5.37. The molecule has 1 unspecified atom stereocenters. The minimum absolute atomic E-state index is 0.329. The molecule has 1 atom stereocenters. The molecule has 0 aliphatic rings. The van der Waals surface area contributed by atoms with Gasteiger partial charge in [0.25, 0.3) is 0 Å². The average Bonchev–Trinajstić information content (AvgIpc) is 2.20. The van der Waals surface area contributed by atoms with Gasteiger partial charge in [-0.05, 0) is 31.0 Å². The molecule has 78 valence electrons. The first-order chi connectivity index (χ1) is 6.65. The van der Waals surface area contributed by atoms with Gasteiger partial charge in [-0.2, -0.15) is 0 Å². The molecular formula is C11H15BrO2. The van der Waals surface area contributed by atoms with Crippen LogP contribution in [0.1, 0.15) is 11.1 Å². The van der Waals surface area contributed by atoms with E-state index in [1.807, 2.05) is 32.0 Å². The Kier molecular flexibility index (Phi) is 4.42. The summed E-state index contributed by atoms with van der Waals surface area (Å²) < 4.78 is 5.49. The normalized spacial score (nSPS) is 12.6. The van der Waals surface area contributed by atoms with Crippen LogP contribution in [0.4, 0.5) is 0 Å². The zero-order valence-corrected chi connectivity index (χ0v) is 10.0. The first kappa shape index (κ1) is 11.5. The van der Waals surface area contributed by atoms with Crippen molar-refractivity contribution in [3.8, 4) is 5.75 Å². The molecular weight excluding hydrogens is 244 g/mol. The summed E-state index contributed by atoms with van der Waals surface area (Å²) in [5, 5.41) is 9.85. The molecule has 3 heteroatoms. The highest BCUT2D eigenvalue weighted by Crippen LogP contribution is 2.20. The zero-order chi connectivity index (χ0) is 10.6. The maximum Gasteiger partial charge on any atom is 0.122 e. The van der Waals surface area contributed by atoms with Crippen LogP contribution in [0.5, 0.6) is 5.75 Å². The third kappa shape index (κ3) is 3.00. The Morgan fingerprint density at radius 3 is 2.79 bits per heavy atom. The summed E-state index contributed by atoms with van der Waals surface area (Å²) in [5.74, 6) is 0.852. The number of hydrogen-bond acceptors (Lipinski definition) is 2. The molecule has 1 rings (SSSR count). The van der Waals surface area contributed by atoms with Gasteiger partial charge in [-0.1, -0.05) is 28.1 Å². The number of benzene rings is 1. The van der Waals surface area contributed by atoms with Gasteiger partial charge < -0.3 is 9.84 Å². The van der Waals surface area contributed by atoms with Crippen LogP contribution in [-0.4, -0.2) is 23.1 Å². The lowest BCUT2D eigenvalue weighted by molar-refractivity contribution is 0.127. The van der Waals surface area contributed by atoms with Crippen LogP contribution in [0.25, 0.3) is 0 Å². The number of rotatable bonds is 4. The lowest BCUT2D eigenvalue weighted by atomic mass is 10.1. The first-order valence-corrected chi connectivity index (χ1v) is 5.70. The number of halogens is 1. The van der Waals surface area contributed by atoms with Crippen molar-refractivity contribution in [3.05, 3.63) is 29.3 Å². The van der Waals surface area contributed by atoms with Crippen LogP contribution in [0.15, 0.2) is 18.2 Å². The van der Waals surface area contributed by atoms with Gasteiger partial charge in [0.05, 0.1) is 6.10 Å². The summed E-state index contributed by atoms with van der Waals surface area (Å²) in [4.78, 5) is 0. The molecule has 1 aromatic carbocycles. The largest absolute Gasteiger partial charge is 0.491 e. The molecule has 0 fully saturated rings. The Balaban J connectivity index is 2.63. The van der Waals surface area contributed by atoms with E-state index in [0.717, 1.165) is 11.3 Å². The molecule has 0 heterocycles. The van der Waals surface area contributed by atoms with Crippen molar-refractivity contribution < 1.29 is 9.84 Å². The number of ether oxygens (including phenoxy) is 1. The Bertz CT molecular complexity index is 299. The number of aryl methyl sites for hydroxylation is 1. The molecule has 1 aromatic rings. The molecule has 2 nitrogen and oxygen atoms in total. The zero-order valence-electron chi connectivity index (χ0n) is 8.46. The van der Waals surface area contributed by atoms with Crippen LogP contribution in [0.3, 0.4) is 0 Å². The third-order valence-corrected chi connectivity index (χ3v) is 2.91. The van der Waals surface area contributed by atoms with Gasteiger partial charge >= 0.3 is 0 Å². The Morgan fingerprint density at radius 2 is 2.14 bits per heavy atom. The molecule has 0 aliphatic carbocycles. The van der Waals surface area contributed by atoms with E-state index in [2.05, 4.69) is 15.9 Å². The van der Waals surface area contributed by atoms with Crippen LogP contribution in [0, 0.1) is 13.8 Å². The topological polar surface area (TPSA) is 29.5 Å². The van der Waals surface area contributed by atoms with E-state index >= 15 is 0 Å². The van der Waals surface area contributed by atoms with Crippen molar-refractivity contribution >= 4 is 15.9 Å². The highest BCUT2D eigenvalue weighted by molar-refractivity contribution is 9.09. The third-order valence-electron chi connectivity index (χ3n) is 2.16. The fourth-order valence-corrected chi connectivity index (χ4v) is 1.30. The van der Waals surface area contributed by atoms with Crippen LogP contribution < -0.4 is 4.74 Å². The summed E-state index contributed by atoms with van der Waals surface area (Å²) in [6, 6.07) is 5.92. The maximum atomic E-state index is 9.31. The second-order valence-electron chi connectivity index (χ2n) is 3.32. The fourth-order valence-electron chi connectivity index (χ4n) is 1.11. The fraction of sp³-hybridized carbons (Fsp3) is 0.455. The molecule has 0 radical (unpaired) electrons. The Hall–Kier alpha value is -0.540. The molecule has 1 N–H and O–H groups in total. The molecule has 0 bridgehead atoms. The molecule has 0 aromatic heterocycles. The summed E-state index contributed by atoms with van der Waals surface area (Å²) in [6.45, 7) is 4.39. The monoisotopic (exact) mass is 258 g/mol. The molecule has 0 amide bonds. The smallest absolute Gasteiger partial charge is 0.122 e. The molecule has 0 aliphatic heterocycles. The quantitative estimate of drug-likeness (QED) is 0.841. The van der Waals surface area contributed by atoms with Crippen LogP contribution >= 0.6 is 15.9 Å². The lowest BCUT2D eigenvalue weighted by Gasteiger charge is -2.12. The highest BCUT2D eigenvalue weighted by Gasteiger charge is 2.05. The predicted octanol–water partition coefficient (Wildman–Crippen LogP) is 2.44. The van der Waals surface area contributed by atoms with Crippen LogP contribution in [-0.2, 0) is 0 Å². The Morgan fingerprint density at radius 1 is 1.43 bits per heavy atom. The van der Waals surface area contributed by atoms with E-state index in [-0.39, 0.29) is 0 Å². The minimum atomic E-state index is -0.449. The van der Waals surface area contributed by atoms with Gasteiger partial charge in [0.2, 0.25) is 0 Å². The summed E-state index contributed by atoms with van der Waals surface area (Å²) in [6.07, 6.45) is -0.449. The maximum absolute atomic E-state index is 9.31. The van der Waals surface area contributed by atoms with E-state index in [1.54, 1.807) is 0 Å². The minimum Gasteiger partial charge on any atom is -0.491 e. The van der Waals surface area contributed by atoms with Gasteiger partial charge in [-0.15, -0.1) is 0 Å². The second-order valence-corrected chi connectivity index (χ2v) is 3.96. The molecule has 14 heavy (non-hydrogen) atoms. The molecule has 0 saturated carbocycles. The first-order valence-electron chi connectivity index (χ1n) is 4.58. The van der Waals surface area contributed by atoms with Crippen molar-refractivity contribution in [1.82, 2.24) is 0 Å². The van der Waals surface area contributed by atoms with E-state index < -0.39 is 6.10 Å². The number of hydrogen-bond donors (Lipinski definition) is 1. The number of aliphatic hydroxyl groups is 1. The predicted molar refractivity (Wildman–Crippen MR) is 61.2 cm³/mol. The number of aliphatic hydroxyl groups excluding tert-OH is 1. The van der Waals surface area contributed by atoms with Gasteiger partial charge in [0.15, 0.2) is 0 Å². The van der Waals surface area contributed by atoms with Crippen molar-refractivity contribution in [3.63, 3.8) is 0 Å². The molecule has 0 saturated heterocycles. The van der Waals surface area contributed by atoms with Crippen molar-refractivity contribution in [2.24, 2.45) is 0 Å². The van der Waals surface area contributed by atoms with Gasteiger partial charge in [0.1, 0.15) is 12.4 Å². The standard InChI is InChI=1S/C11H15BrO2/c1-8-4-3-5-11(9(8)2)14-7-10(13)6-12/h3-5,10,13H,6-7H2,1-2H3. The van der Waals surface area contributed by atoms with Crippen molar-refractivity contribution in [1.29, 1.82) is 0 Å². The summed E-state index contributed by atoms with van der Waals surface area (Å²) in [7, 11) is 0. The van der Waals surface area contributed by atoms with Gasteiger partial charge in [-0.25, -0.2) is 0 Å². The van der Waals surface area contributed by atoms with E-state index in [9.17, 15) is 5.11 Å². The van der Waals surface area contributed by atoms with Crippen LogP contribution in [0.2, 0.25) is 0 Å². The molecule has 0 spiro atoms. The SMILES string of the molecule is Cc1cccc(OCC(O)CBr)c1C. The highest BCUT2D eigenvalue weighted by atomic mass is 79.9. The van der Waals surface area contributed by atoms with E-state index in [0.29, 0.717) is 11.9 Å². The van der Waals surface area contributed by atoms with Crippen molar-refractivity contribution in [2.45, 2.75) is 20.0 Å². The summed E-state index contributed by atoms with van der Waals surface area (Å²) in [5.41, 5.74) is 2.34. The van der Waals surface area contributed by atoms with Crippen molar-refractivity contribution in [2.75, 3.05) is 11.9 Å². The van der Waals surface area contributed by atoms with E-state index in [1.165, 1.54) is 5.56 Å². The number of alkyl halides is 1. The summed E-state index contributed by atoms with van der Waals surface area (Å²) >= 11 is 3.19. The van der Waals surface area contributed by atoms with E-state index in [4.69, 9.17) is 4.74 Å². The Labute approximate surface area is 93.0 Å². The lowest BCUT2D eigenvalue weighted by Crippen LogP contribution is -2.18. The average molecular weight is 259 g/mol.